The largest absolute Gasteiger partial charge is 0.389 e. The van der Waals surface area contributed by atoms with Crippen molar-refractivity contribution in [1.29, 1.82) is 0 Å². The predicted molar refractivity (Wildman–Crippen MR) is 97.0 cm³/mol. The van der Waals surface area contributed by atoms with Gasteiger partial charge in [-0.05, 0) is 29.7 Å². The molecule has 2 aromatic carbocycles. The zero-order chi connectivity index (χ0) is 19.2. The van der Waals surface area contributed by atoms with Crippen molar-refractivity contribution in [3.05, 3.63) is 71.5 Å². The van der Waals surface area contributed by atoms with E-state index in [2.05, 4.69) is 0 Å². The number of benzene rings is 2. The predicted octanol–water partition coefficient (Wildman–Crippen LogP) is 2.32. The topological polar surface area (TPSA) is 66.8 Å². The molecule has 0 radical (unpaired) electrons. The molecule has 0 aliphatic carbocycles. The summed E-state index contributed by atoms with van der Waals surface area (Å²) >= 11 is 0. The van der Waals surface area contributed by atoms with E-state index in [0.29, 0.717) is 13.0 Å². The molecule has 1 heterocycles. The molecule has 1 N–H and O–H groups in total. The van der Waals surface area contributed by atoms with Crippen LogP contribution in [0.15, 0.2) is 54.6 Å². The Bertz CT molecular complexity index is 779. The van der Waals surface area contributed by atoms with Crippen LogP contribution in [0.3, 0.4) is 0 Å². The van der Waals surface area contributed by atoms with E-state index in [1.54, 1.807) is 12.1 Å². The number of carbonyl (C=O) groups is 2. The standard InChI is InChI=1S/C21H22FNO4/c22-18-8-6-15(7-9-18)10-17-11-20(25)23(21(17)26)12-19(24)14-27-13-16-4-2-1-3-5-16/h1-9,17,19,24H,10-14H2. The number of nitrogens with zero attached hydrogens (tertiary/aromatic N) is 1. The maximum absolute atomic E-state index is 13.0. The number of likely N-dealkylation sites (tertiary alicyclic amines) is 1. The fraction of sp³-hybridized carbons (Fsp3) is 0.333. The summed E-state index contributed by atoms with van der Waals surface area (Å²) in [5, 5.41) is 10.1. The molecule has 142 valence electrons. The first-order valence-corrected chi connectivity index (χ1v) is 8.91. The molecule has 0 aromatic heterocycles. The van der Waals surface area contributed by atoms with Gasteiger partial charge in [0.1, 0.15) is 5.82 Å². The van der Waals surface area contributed by atoms with Crippen molar-refractivity contribution in [2.24, 2.45) is 5.92 Å². The van der Waals surface area contributed by atoms with Crippen molar-refractivity contribution in [1.82, 2.24) is 4.90 Å². The van der Waals surface area contributed by atoms with Crippen molar-refractivity contribution in [2.75, 3.05) is 13.2 Å². The molecule has 0 spiro atoms. The van der Waals surface area contributed by atoms with Gasteiger partial charge in [0.05, 0.1) is 31.8 Å². The van der Waals surface area contributed by atoms with Gasteiger partial charge in [-0.1, -0.05) is 42.5 Å². The Kier molecular flexibility index (Phi) is 6.32. The average Bonchev–Trinajstić information content (AvgIpc) is 2.92. The summed E-state index contributed by atoms with van der Waals surface area (Å²) in [7, 11) is 0. The molecule has 27 heavy (non-hydrogen) atoms. The van der Waals surface area contributed by atoms with Crippen molar-refractivity contribution in [2.45, 2.75) is 25.6 Å². The molecule has 1 aliphatic rings. The number of imide groups is 1. The van der Waals surface area contributed by atoms with Crippen LogP contribution in [0, 0.1) is 11.7 Å². The summed E-state index contributed by atoms with van der Waals surface area (Å²) in [6.07, 6.45) is -0.457. The maximum atomic E-state index is 13.0. The summed E-state index contributed by atoms with van der Waals surface area (Å²) in [5.74, 6) is -1.41. The fourth-order valence-corrected chi connectivity index (χ4v) is 3.16. The van der Waals surface area contributed by atoms with Gasteiger partial charge < -0.3 is 9.84 Å². The van der Waals surface area contributed by atoms with Crippen LogP contribution in [-0.4, -0.2) is 41.1 Å². The number of ether oxygens (including phenoxy) is 1. The number of hydrogen-bond donors (Lipinski definition) is 1. The summed E-state index contributed by atoms with van der Waals surface area (Å²) in [6.45, 7) is 0.313. The van der Waals surface area contributed by atoms with Gasteiger partial charge in [0.2, 0.25) is 11.8 Å². The number of aliphatic hydroxyl groups is 1. The first kappa shape index (κ1) is 19.2. The van der Waals surface area contributed by atoms with Gasteiger partial charge in [0.25, 0.3) is 0 Å². The van der Waals surface area contributed by atoms with Gasteiger partial charge in [-0.3, -0.25) is 14.5 Å². The average molecular weight is 371 g/mol. The van der Waals surface area contributed by atoms with Crippen LogP contribution in [0.25, 0.3) is 0 Å². The molecular formula is C21H22FNO4. The highest BCUT2D eigenvalue weighted by molar-refractivity contribution is 6.03. The van der Waals surface area contributed by atoms with Crippen LogP contribution in [0.2, 0.25) is 0 Å². The number of hydrogen-bond acceptors (Lipinski definition) is 4. The highest BCUT2D eigenvalue weighted by atomic mass is 19.1. The molecule has 3 rings (SSSR count). The van der Waals surface area contributed by atoms with Crippen molar-refractivity contribution < 1.29 is 23.8 Å². The lowest BCUT2D eigenvalue weighted by Crippen LogP contribution is -2.39. The Morgan fingerprint density at radius 3 is 2.48 bits per heavy atom. The third kappa shape index (κ3) is 5.21. The quantitative estimate of drug-likeness (QED) is 0.724. The second kappa shape index (κ2) is 8.88. The van der Waals surface area contributed by atoms with E-state index in [1.165, 1.54) is 12.1 Å². The Morgan fingerprint density at radius 2 is 1.78 bits per heavy atom. The summed E-state index contributed by atoms with van der Waals surface area (Å²) in [6, 6.07) is 15.4. The lowest BCUT2D eigenvalue weighted by Gasteiger charge is -2.19. The molecule has 0 bridgehead atoms. The van der Waals surface area contributed by atoms with E-state index < -0.39 is 12.0 Å². The molecule has 2 atom stereocenters. The van der Waals surface area contributed by atoms with Crippen LogP contribution in [0.1, 0.15) is 17.5 Å². The van der Waals surface area contributed by atoms with Gasteiger partial charge in [0, 0.05) is 6.42 Å². The van der Waals surface area contributed by atoms with Crippen molar-refractivity contribution in [3.63, 3.8) is 0 Å². The van der Waals surface area contributed by atoms with Gasteiger partial charge in [-0.15, -0.1) is 0 Å². The SMILES string of the molecule is O=C1CC(Cc2ccc(F)cc2)C(=O)N1CC(O)COCc1ccccc1. The second-order valence-corrected chi connectivity index (χ2v) is 6.73. The first-order valence-electron chi connectivity index (χ1n) is 8.91. The Balaban J connectivity index is 1.48. The summed E-state index contributed by atoms with van der Waals surface area (Å²) < 4.78 is 18.4. The number of amides is 2. The van der Waals surface area contributed by atoms with Gasteiger partial charge >= 0.3 is 0 Å². The van der Waals surface area contributed by atoms with E-state index in [-0.39, 0.29) is 37.2 Å². The molecule has 1 saturated heterocycles. The number of β-amino-alcohol motifs (C(OH)–C–C–N with tert-alkyl or cyclic N) is 1. The number of halogens is 1. The molecule has 0 saturated carbocycles. The minimum atomic E-state index is -0.939. The fourth-order valence-electron chi connectivity index (χ4n) is 3.16. The highest BCUT2D eigenvalue weighted by Gasteiger charge is 2.39. The minimum Gasteiger partial charge on any atom is -0.389 e. The lowest BCUT2D eigenvalue weighted by molar-refractivity contribution is -0.141. The third-order valence-corrected chi connectivity index (χ3v) is 4.55. The van der Waals surface area contributed by atoms with Gasteiger partial charge in [-0.25, -0.2) is 4.39 Å². The molecule has 1 fully saturated rings. The van der Waals surface area contributed by atoms with E-state index >= 15 is 0 Å². The molecule has 2 unspecified atom stereocenters. The van der Waals surface area contributed by atoms with Crippen molar-refractivity contribution in [3.8, 4) is 0 Å². The Morgan fingerprint density at radius 1 is 1.07 bits per heavy atom. The zero-order valence-electron chi connectivity index (χ0n) is 14.9. The van der Waals surface area contributed by atoms with Gasteiger partial charge in [-0.2, -0.15) is 0 Å². The molecule has 2 amide bonds. The Hall–Kier alpha value is -2.57. The zero-order valence-corrected chi connectivity index (χ0v) is 14.9. The monoisotopic (exact) mass is 371 g/mol. The minimum absolute atomic E-state index is 0.0363. The molecular weight excluding hydrogens is 349 g/mol. The number of carbonyl (C=O) groups excluding carboxylic acids is 2. The van der Waals surface area contributed by atoms with Crippen LogP contribution >= 0.6 is 0 Å². The van der Waals surface area contributed by atoms with Crippen LogP contribution in [0.5, 0.6) is 0 Å². The molecule has 5 nitrogen and oxygen atoms in total. The van der Waals surface area contributed by atoms with Crippen LogP contribution in [-0.2, 0) is 27.4 Å². The van der Waals surface area contributed by atoms with E-state index in [4.69, 9.17) is 4.74 Å². The molecule has 6 heteroatoms. The smallest absolute Gasteiger partial charge is 0.233 e. The third-order valence-electron chi connectivity index (χ3n) is 4.55. The first-order chi connectivity index (χ1) is 13.0. The maximum Gasteiger partial charge on any atom is 0.233 e. The summed E-state index contributed by atoms with van der Waals surface area (Å²) in [5.41, 5.74) is 1.79. The highest BCUT2D eigenvalue weighted by Crippen LogP contribution is 2.24. The van der Waals surface area contributed by atoms with Crippen LogP contribution < -0.4 is 0 Å². The lowest BCUT2D eigenvalue weighted by atomic mass is 9.98. The second-order valence-electron chi connectivity index (χ2n) is 6.73. The van der Waals surface area contributed by atoms with E-state index in [0.717, 1.165) is 16.0 Å². The van der Waals surface area contributed by atoms with Gasteiger partial charge in [0.15, 0.2) is 0 Å². The molecule has 2 aromatic rings. The van der Waals surface area contributed by atoms with Crippen molar-refractivity contribution >= 4 is 11.8 Å². The van der Waals surface area contributed by atoms with E-state index in [1.807, 2.05) is 30.3 Å². The Labute approximate surface area is 157 Å². The van der Waals surface area contributed by atoms with Crippen LogP contribution in [0.4, 0.5) is 4.39 Å². The summed E-state index contributed by atoms with van der Waals surface area (Å²) in [4.78, 5) is 25.8. The normalized spacial score (nSPS) is 18.1. The number of rotatable bonds is 8. The number of aliphatic hydroxyl groups excluding tert-OH is 1. The van der Waals surface area contributed by atoms with E-state index in [9.17, 15) is 19.1 Å². The molecule has 1 aliphatic heterocycles.